The van der Waals surface area contributed by atoms with Crippen LogP contribution in [0.3, 0.4) is 0 Å². The van der Waals surface area contributed by atoms with E-state index < -0.39 is 0 Å². The lowest BCUT2D eigenvalue weighted by Gasteiger charge is -2.20. The Morgan fingerprint density at radius 3 is 2.62 bits per heavy atom. The Bertz CT molecular complexity index is 794. The summed E-state index contributed by atoms with van der Waals surface area (Å²) in [6, 6.07) is 9.71. The number of nitrogens with zero attached hydrogens (tertiary/aromatic N) is 1. The van der Waals surface area contributed by atoms with Crippen LogP contribution in [0.2, 0.25) is 0 Å². The molecular formula is C19H21NO4. The third-order valence-corrected chi connectivity index (χ3v) is 4.61. The zero-order valence-electron chi connectivity index (χ0n) is 14.1. The van der Waals surface area contributed by atoms with Crippen molar-refractivity contribution in [2.24, 2.45) is 0 Å². The molecule has 2 heterocycles. The second-order valence-corrected chi connectivity index (χ2v) is 6.33. The third-order valence-electron chi connectivity index (χ3n) is 4.61. The fraction of sp³-hybridized carbons (Fsp3) is 0.368. The van der Waals surface area contributed by atoms with Crippen LogP contribution in [0.4, 0.5) is 0 Å². The number of likely N-dealkylation sites (tertiary alicyclic amines) is 1. The lowest BCUT2D eigenvalue weighted by atomic mass is 9.96. The molecule has 1 aromatic heterocycles. The normalized spacial score (nSPS) is 20.2. The van der Waals surface area contributed by atoms with Gasteiger partial charge in [0.1, 0.15) is 6.26 Å². The van der Waals surface area contributed by atoms with Crippen LogP contribution in [-0.4, -0.2) is 30.5 Å². The molecule has 0 aliphatic carbocycles. The van der Waals surface area contributed by atoms with E-state index in [1.165, 1.54) is 30.6 Å². The summed E-state index contributed by atoms with van der Waals surface area (Å²) >= 11 is 0. The van der Waals surface area contributed by atoms with E-state index in [1.54, 1.807) is 4.90 Å². The first-order valence-corrected chi connectivity index (χ1v) is 8.04. The van der Waals surface area contributed by atoms with Crippen LogP contribution >= 0.6 is 0 Å². The largest absolute Gasteiger partial charge is 0.490 e. The van der Waals surface area contributed by atoms with E-state index in [-0.39, 0.29) is 28.9 Å². The van der Waals surface area contributed by atoms with Gasteiger partial charge in [-0.25, -0.2) is 0 Å². The van der Waals surface area contributed by atoms with E-state index in [0.29, 0.717) is 12.5 Å². The summed E-state index contributed by atoms with van der Waals surface area (Å²) in [7, 11) is 1.39. The Morgan fingerprint density at radius 1 is 1.29 bits per heavy atom. The Balaban J connectivity index is 1.79. The average molecular weight is 327 g/mol. The highest BCUT2D eigenvalue weighted by atomic mass is 16.5. The number of aryl methyl sites for hydroxylation is 1. The van der Waals surface area contributed by atoms with Crippen molar-refractivity contribution in [2.45, 2.75) is 32.2 Å². The summed E-state index contributed by atoms with van der Waals surface area (Å²) in [4.78, 5) is 26.3. The zero-order chi connectivity index (χ0) is 17.3. The summed E-state index contributed by atoms with van der Waals surface area (Å²) in [6.45, 7) is 4.70. The molecule has 1 saturated heterocycles. The predicted molar refractivity (Wildman–Crippen MR) is 90.6 cm³/mol. The summed E-state index contributed by atoms with van der Waals surface area (Å²) < 4.78 is 10.2. The Kier molecular flexibility index (Phi) is 4.42. The smallest absolute Gasteiger partial charge is 0.289 e. The minimum Gasteiger partial charge on any atom is -0.490 e. The number of ether oxygens (including phenoxy) is 1. The maximum Gasteiger partial charge on any atom is 0.289 e. The second kappa shape index (κ2) is 6.51. The highest BCUT2D eigenvalue weighted by Crippen LogP contribution is 2.32. The first-order valence-electron chi connectivity index (χ1n) is 8.04. The molecule has 5 heteroatoms. The first kappa shape index (κ1) is 16.3. The molecule has 1 aromatic carbocycles. The number of methoxy groups -OCH3 is 1. The van der Waals surface area contributed by atoms with Crippen LogP contribution in [0, 0.1) is 6.92 Å². The standard InChI is InChI=1S/C19H21NO4/c1-12-4-6-14(7-5-12)15-8-13(2)20(10-15)19(22)17-9-16(21)18(23-3)11-24-17/h4-7,9,11,13,15H,8,10H2,1-3H3/t13-,15+/m0/s1. The number of rotatable bonds is 3. The molecule has 3 rings (SSSR count). The summed E-state index contributed by atoms with van der Waals surface area (Å²) in [5.41, 5.74) is 2.10. The SMILES string of the molecule is COc1coc(C(=O)N2C[C@H](c3ccc(C)cc3)C[C@@H]2C)cc1=O. The van der Waals surface area contributed by atoms with Gasteiger partial charge in [0.2, 0.25) is 11.2 Å². The van der Waals surface area contributed by atoms with Crippen LogP contribution in [0.1, 0.15) is 40.9 Å². The van der Waals surface area contributed by atoms with Gasteiger partial charge in [-0.1, -0.05) is 29.8 Å². The molecule has 1 aliphatic heterocycles. The van der Waals surface area contributed by atoms with E-state index >= 15 is 0 Å². The van der Waals surface area contributed by atoms with Gasteiger partial charge in [-0.2, -0.15) is 0 Å². The maximum absolute atomic E-state index is 12.7. The van der Waals surface area contributed by atoms with Crippen LogP contribution < -0.4 is 10.2 Å². The minimum absolute atomic E-state index is 0.0530. The van der Waals surface area contributed by atoms with Gasteiger partial charge >= 0.3 is 0 Å². The number of hydrogen-bond donors (Lipinski definition) is 0. The average Bonchev–Trinajstić information content (AvgIpc) is 2.96. The minimum atomic E-state index is -0.353. The van der Waals surface area contributed by atoms with E-state index in [4.69, 9.17) is 9.15 Å². The summed E-state index contributed by atoms with van der Waals surface area (Å²) in [6.07, 6.45) is 2.09. The van der Waals surface area contributed by atoms with Crippen molar-refractivity contribution in [2.75, 3.05) is 13.7 Å². The van der Waals surface area contributed by atoms with Crippen molar-refractivity contribution in [1.82, 2.24) is 4.90 Å². The van der Waals surface area contributed by atoms with E-state index in [1.807, 2.05) is 6.92 Å². The van der Waals surface area contributed by atoms with Crippen molar-refractivity contribution < 1.29 is 13.9 Å². The molecule has 0 saturated carbocycles. The molecule has 2 atom stereocenters. The van der Waals surface area contributed by atoms with Gasteiger partial charge in [-0.05, 0) is 25.8 Å². The number of carbonyl (C=O) groups is 1. The molecule has 5 nitrogen and oxygen atoms in total. The van der Waals surface area contributed by atoms with Crippen molar-refractivity contribution in [3.63, 3.8) is 0 Å². The molecule has 24 heavy (non-hydrogen) atoms. The van der Waals surface area contributed by atoms with Crippen LogP contribution in [-0.2, 0) is 0 Å². The van der Waals surface area contributed by atoms with Crippen molar-refractivity contribution in [3.8, 4) is 5.75 Å². The van der Waals surface area contributed by atoms with Crippen molar-refractivity contribution >= 4 is 5.91 Å². The van der Waals surface area contributed by atoms with Gasteiger partial charge < -0.3 is 14.1 Å². The quantitative estimate of drug-likeness (QED) is 0.869. The molecule has 0 unspecified atom stereocenters. The van der Waals surface area contributed by atoms with Crippen LogP contribution in [0.15, 0.2) is 45.8 Å². The molecule has 0 radical (unpaired) electrons. The molecule has 1 amide bonds. The zero-order valence-corrected chi connectivity index (χ0v) is 14.1. The highest BCUT2D eigenvalue weighted by Gasteiger charge is 2.34. The molecule has 0 N–H and O–H groups in total. The van der Waals surface area contributed by atoms with Gasteiger partial charge in [-0.3, -0.25) is 9.59 Å². The lowest BCUT2D eigenvalue weighted by Crippen LogP contribution is -2.34. The first-order chi connectivity index (χ1) is 11.5. The van der Waals surface area contributed by atoms with Gasteiger partial charge in [0.15, 0.2) is 5.76 Å². The van der Waals surface area contributed by atoms with E-state index in [0.717, 1.165) is 6.42 Å². The Hall–Kier alpha value is -2.56. The Labute approximate surface area is 140 Å². The van der Waals surface area contributed by atoms with E-state index in [9.17, 15) is 9.59 Å². The Morgan fingerprint density at radius 2 is 2.00 bits per heavy atom. The fourth-order valence-corrected chi connectivity index (χ4v) is 3.20. The van der Waals surface area contributed by atoms with E-state index in [2.05, 4.69) is 31.2 Å². The topological polar surface area (TPSA) is 59.8 Å². The van der Waals surface area contributed by atoms with Crippen LogP contribution in [0.25, 0.3) is 0 Å². The third kappa shape index (κ3) is 3.07. The molecule has 2 aromatic rings. The molecule has 0 spiro atoms. The summed E-state index contributed by atoms with van der Waals surface area (Å²) in [5.74, 6) is 0.196. The van der Waals surface area contributed by atoms with Crippen LogP contribution in [0.5, 0.6) is 5.75 Å². The van der Waals surface area contributed by atoms with Gasteiger partial charge in [-0.15, -0.1) is 0 Å². The molecule has 0 bridgehead atoms. The van der Waals surface area contributed by atoms with Gasteiger partial charge in [0.25, 0.3) is 5.91 Å². The van der Waals surface area contributed by atoms with Crippen molar-refractivity contribution in [3.05, 3.63) is 63.7 Å². The summed E-state index contributed by atoms with van der Waals surface area (Å²) in [5, 5.41) is 0. The second-order valence-electron chi connectivity index (χ2n) is 6.33. The monoisotopic (exact) mass is 327 g/mol. The fourth-order valence-electron chi connectivity index (χ4n) is 3.20. The number of hydrogen-bond acceptors (Lipinski definition) is 4. The predicted octanol–water partition coefficient (Wildman–Crippen LogP) is 2.98. The molecule has 126 valence electrons. The number of carbonyl (C=O) groups excluding carboxylic acids is 1. The molecule has 1 aliphatic rings. The highest BCUT2D eigenvalue weighted by molar-refractivity contribution is 5.91. The van der Waals surface area contributed by atoms with Gasteiger partial charge in [0, 0.05) is 24.6 Å². The van der Waals surface area contributed by atoms with Crippen molar-refractivity contribution in [1.29, 1.82) is 0 Å². The lowest BCUT2D eigenvalue weighted by molar-refractivity contribution is 0.0710. The molecule has 1 fully saturated rings. The van der Waals surface area contributed by atoms with Gasteiger partial charge in [0.05, 0.1) is 7.11 Å². The number of amides is 1. The maximum atomic E-state index is 12.7. The number of benzene rings is 1. The molecular weight excluding hydrogens is 306 g/mol.